The van der Waals surface area contributed by atoms with Crippen molar-refractivity contribution in [1.82, 2.24) is 0 Å². The van der Waals surface area contributed by atoms with E-state index in [4.69, 9.17) is 21.8 Å². The van der Waals surface area contributed by atoms with Gasteiger partial charge in [-0.2, -0.15) is 0 Å². The summed E-state index contributed by atoms with van der Waals surface area (Å²) in [7, 11) is 0. The second-order valence-electron chi connectivity index (χ2n) is 2.71. The molecule has 0 aliphatic rings. The van der Waals surface area contributed by atoms with E-state index in [-0.39, 0.29) is 21.7 Å². The van der Waals surface area contributed by atoms with E-state index < -0.39 is 11.9 Å². The van der Waals surface area contributed by atoms with Crippen molar-refractivity contribution in [3.8, 4) is 0 Å². The Balaban J connectivity index is 3.41. The monoisotopic (exact) mass is 214 g/mol. The van der Waals surface area contributed by atoms with Crippen molar-refractivity contribution in [3.63, 3.8) is 0 Å². The van der Waals surface area contributed by atoms with Crippen LogP contribution in [0.15, 0.2) is 12.1 Å². The normalized spacial score (nSPS) is 9.86. The van der Waals surface area contributed by atoms with Crippen LogP contribution in [-0.2, 0) is 0 Å². The Morgan fingerprint density at radius 2 is 1.57 bits per heavy atom. The van der Waals surface area contributed by atoms with Gasteiger partial charge >= 0.3 is 11.9 Å². The predicted molar refractivity (Wildman–Crippen MR) is 50.1 cm³/mol. The first-order chi connectivity index (χ1) is 6.45. The Kier molecular flexibility index (Phi) is 2.76. The number of halogens is 1. The minimum atomic E-state index is -1.17. The van der Waals surface area contributed by atoms with Gasteiger partial charge in [0.1, 0.15) is 0 Å². The van der Waals surface area contributed by atoms with Crippen molar-refractivity contribution >= 4 is 23.5 Å². The minimum Gasteiger partial charge on any atom is -0.478 e. The van der Waals surface area contributed by atoms with E-state index in [1.165, 1.54) is 19.1 Å². The van der Waals surface area contributed by atoms with Crippen LogP contribution < -0.4 is 0 Å². The number of rotatable bonds is 2. The van der Waals surface area contributed by atoms with Crippen molar-refractivity contribution in [2.24, 2.45) is 0 Å². The number of hydrogen-bond acceptors (Lipinski definition) is 2. The van der Waals surface area contributed by atoms with Gasteiger partial charge in [-0.05, 0) is 24.6 Å². The van der Waals surface area contributed by atoms with Gasteiger partial charge in [0.15, 0.2) is 0 Å². The van der Waals surface area contributed by atoms with E-state index in [9.17, 15) is 9.59 Å². The van der Waals surface area contributed by atoms with Crippen molar-refractivity contribution in [2.75, 3.05) is 0 Å². The highest BCUT2D eigenvalue weighted by atomic mass is 35.5. The van der Waals surface area contributed by atoms with Crippen LogP contribution in [0.3, 0.4) is 0 Å². The van der Waals surface area contributed by atoms with Crippen LogP contribution in [0.25, 0.3) is 0 Å². The second kappa shape index (κ2) is 3.67. The molecule has 0 atom stereocenters. The summed E-state index contributed by atoms with van der Waals surface area (Å²) in [5.74, 6) is -2.30. The van der Waals surface area contributed by atoms with Gasteiger partial charge in [-0.3, -0.25) is 0 Å². The van der Waals surface area contributed by atoms with Crippen LogP contribution in [0.5, 0.6) is 0 Å². The molecule has 5 heteroatoms. The molecule has 0 radical (unpaired) electrons. The van der Waals surface area contributed by atoms with Crippen LogP contribution in [0, 0.1) is 6.92 Å². The van der Waals surface area contributed by atoms with Gasteiger partial charge < -0.3 is 10.2 Å². The lowest BCUT2D eigenvalue weighted by Crippen LogP contribution is -2.05. The number of carboxylic acids is 2. The topological polar surface area (TPSA) is 74.6 Å². The van der Waals surface area contributed by atoms with Gasteiger partial charge in [-0.25, -0.2) is 9.59 Å². The Labute approximate surface area is 84.7 Å². The largest absolute Gasteiger partial charge is 0.478 e. The zero-order valence-electron chi connectivity index (χ0n) is 7.24. The van der Waals surface area contributed by atoms with Crippen molar-refractivity contribution in [1.29, 1.82) is 0 Å². The quantitative estimate of drug-likeness (QED) is 0.790. The Hall–Kier alpha value is -1.55. The molecule has 0 aliphatic heterocycles. The van der Waals surface area contributed by atoms with Crippen molar-refractivity contribution in [3.05, 3.63) is 33.8 Å². The standard InChI is InChI=1S/C9H7ClO4/c1-4-5(8(11)12)2-3-6(7(4)10)9(13)14/h2-3H,1H3,(H,11,12)(H,13,14). The summed E-state index contributed by atoms with van der Waals surface area (Å²) >= 11 is 5.69. The SMILES string of the molecule is Cc1c(C(=O)O)ccc(C(=O)O)c1Cl. The molecule has 0 bridgehead atoms. The van der Waals surface area contributed by atoms with Crippen molar-refractivity contribution in [2.45, 2.75) is 6.92 Å². The fourth-order valence-corrected chi connectivity index (χ4v) is 1.33. The fraction of sp³-hybridized carbons (Fsp3) is 0.111. The number of aromatic carboxylic acids is 2. The molecular weight excluding hydrogens is 208 g/mol. The maximum absolute atomic E-state index is 10.6. The number of carbonyl (C=O) groups is 2. The summed E-state index contributed by atoms with van der Waals surface area (Å²) in [6.45, 7) is 1.47. The first kappa shape index (κ1) is 10.5. The third-order valence-electron chi connectivity index (χ3n) is 1.85. The van der Waals surface area contributed by atoms with Gasteiger partial charge in [-0.15, -0.1) is 0 Å². The molecule has 2 N–H and O–H groups in total. The zero-order valence-corrected chi connectivity index (χ0v) is 8.00. The predicted octanol–water partition coefficient (Wildman–Crippen LogP) is 2.04. The fourth-order valence-electron chi connectivity index (χ4n) is 1.08. The smallest absolute Gasteiger partial charge is 0.337 e. The summed E-state index contributed by atoms with van der Waals surface area (Å²) in [6.07, 6.45) is 0. The molecule has 0 saturated carbocycles. The molecule has 4 nitrogen and oxygen atoms in total. The van der Waals surface area contributed by atoms with Gasteiger partial charge in [0.05, 0.1) is 16.1 Å². The molecule has 0 spiro atoms. The number of carboxylic acid groups (broad SMARTS) is 2. The van der Waals surface area contributed by atoms with E-state index in [0.717, 1.165) is 0 Å². The first-order valence-electron chi connectivity index (χ1n) is 3.71. The van der Waals surface area contributed by atoms with Crippen LogP contribution in [0.4, 0.5) is 0 Å². The van der Waals surface area contributed by atoms with E-state index >= 15 is 0 Å². The number of hydrogen-bond donors (Lipinski definition) is 2. The molecule has 0 saturated heterocycles. The third-order valence-corrected chi connectivity index (χ3v) is 2.33. The third kappa shape index (κ3) is 1.70. The Bertz CT molecular complexity index is 373. The number of benzene rings is 1. The van der Waals surface area contributed by atoms with E-state index in [2.05, 4.69) is 0 Å². The first-order valence-corrected chi connectivity index (χ1v) is 4.08. The highest BCUT2D eigenvalue weighted by molar-refractivity contribution is 6.34. The average molecular weight is 215 g/mol. The molecule has 1 rings (SSSR count). The van der Waals surface area contributed by atoms with Gasteiger partial charge in [0, 0.05) is 0 Å². The summed E-state index contributed by atoms with van der Waals surface area (Å²) in [4.78, 5) is 21.3. The molecule has 0 unspecified atom stereocenters. The summed E-state index contributed by atoms with van der Waals surface area (Å²) in [6, 6.07) is 2.41. The molecule has 0 amide bonds. The molecule has 1 aromatic rings. The maximum atomic E-state index is 10.6. The average Bonchev–Trinajstić information content (AvgIpc) is 2.08. The van der Waals surface area contributed by atoms with Gasteiger partial charge in [0.25, 0.3) is 0 Å². The molecule has 0 aliphatic carbocycles. The van der Waals surface area contributed by atoms with Crippen LogP contribution in [0.1, 0.15) is 26.3 Å². The summed E-state index contributed by atoms with van der Waals surface area (Å²) in [5, 5.41) is 17.4. The Morgan fingerprint density at radius 3 is 2.00 bits per heavy atom. The molecule has 0 aromatic heterocycles. The van der Waals surface area contributed by atoms with Crippen LogP contribution >= 0.6 is 11.6 Å². The molecule has 1 aromatic carbocycles. The lowest BCUT2D eigenvalue weighted by atomic mass is 10.1. The van der Waals surface area contributed by atoms with Gasteiger partial charge in [0.2, 0.25) is 0 Å². The summed E-state index contributed by atoms with van der Waals surface area (Å²) < 4.78 is 0. The Morgan fingerprint density at radius 1 is 1.14 bits per heavy atom. The lowest BCUT2D eigenvalue weighted by molar-refractivity contribution is 0.0680. The minimum absolute atomic E-state index is 0.0139. The molecule has 0 heterocycles. The van der Waals surface area contributed by atoms with E-state index in [1.54, 1.807) is 0 Å². The van der Waals surface area contributed by atoms with Crippen LogP contribution in [-0.4, -0.2) is 22.2 Å². The highest BCUT2D eigenvalue weighted by Crippen LogP contribution is 2.23. The zero-order chi connectivity index (χ0) is 10.9. The highest BCUT2D eigenvalue weighted by Gasteiger charge is 2.16. The molecule has 74 valence electrons. The maximum Gasteiger partial charge on any atom is 0.337 e. The summed E-state index contributed by atoms with van der Waals surface area (Å²) in [5.41, 5.74) is 0.188. The molecule has 0 fully saturated rings. The van der Waals surface area contributed by atoms with E-state index in [1.807, 2.05) is 0 Å². The van der Waals surface area contributed by atoms with Gasteiger partial charge in [-0.1, -0.05) is 11.6 Å². The lowest BCUT2D eigenvalue weighted by Gasteiger charge is -2.05. The molecular formula is C9H7ClO4. The second-order valence-corrected chi connectivity index (χ2v) is 3.09. The van der Waals surface area contributed by atoms with E-state index in [0.29, 0.717) is 0 Å². The van der Waals surface area contributed by atoms with Crippen LogP contribution in [0.2, 0.25) is 5.02 Å². The van der Waals surface area contributed by atoms with Crippen molar-refractivity contribution < 1.29 is 19.8 Å². The molecule has 14 heavy (non-hydrogen) atoms.